The van der Waals surface area contributed by atoms with Crippen molar-refractivity contribution in [1.29, 1.82) is 0 Å². The summed E-state index contributed by atoms with van der Waals surface area (Å²) >= 11 is 0. The van der Waals surface area contributed by atoms with Crippen molar-refractivity contribution in [2.45, 2.75) is 24.9 Å². The molecule has 0 unspecified atom stereocenters. The van der Waals surface area contributed by atoms with Gasteiger partial charge in [-0.15, -0.1) is 0 Å². The zero-order chi connectivity index (χ0) is 12.5. The Morgan fingerprint density at radius 1 is 1.29 bits per heavy atom. The van der Waals surface area contributed by atoms with Gasteiger partial charge in [0, 0.05) is 32.6 Å². The molecule has 1 amide bonds. The predicted octanol–water partition coefficient (Wildman–Crippen LogP) is -0.635. The van der Waals surface area contributed by atoms with E-state index in [2.05, 4.69) is 5.32 Å². The molecule has 96 valence electrons. The van der Waals surface area contributed by atoms with Crippen molar-refractivity contribution in [2.75, 3.05) is 19.8 Å². The number of rotatable bonds is 4. The van der Waals surface area contributed by atoms with Gasteiger partial charge < -0.3 is 20.3 Å². The van der Waals surface area contributed by atoms with Gasteiger partial charge in [-0.05, 0) is 6.42 Å². The van der Waals surface area contributed by atoms with Gasteiger partial charge in [0.25, 0.3) is 0 Å². The zero-order valence-electron chi connectivity index (χ0n) is 9.52. The maximum absolute atomic E-state index is 11.6. The summed E-state index contributed by atoms with van der Waals surface area (Å²) < 4.78 is 5.13. The van der Waals surface area contributed by atoms with E-state index in [9.17, 15) is 14.7 Å². The largest absolute Gasteiger partial charge is 0.481 e. The SMILES string of the molecule is O=C(O)[C@H]1C[C@H]1C(=O)NCC1(O)CCOCC1. The Labute approximate surface area is 99.0 Å². The number of amides is 1. The molecule has 0 spiro atoms. The summed E-state index contributed by atoms with van der Waals surface area (Å²) in [5.41, 5.74) is -0.901. The molecule has 0 radical (unpaired) electrons. The van der Waals surface area contributed by atoms with E-state index in [0.29, 0.717) is 32.5 Å². The fraction of sp³-hybridized carbons (Fsp3) is 0.818. The summed E-state index contributed by atoms with van der Waals surface area (Å²) in [6.07, 6.45) is 1.41. The van der Waals surface area contributed by atoms with Crippen LogP contribution in [0, 0.1) is 11.8 Å². The number of carbonyl (C=O) groups is 2. The quantitative estimate of drug-likeness (QED) is 0.610. The zero-order valence-corrected chi connectivity index (χ0v) is 9.52. The van der Waals surface area contributed by atoms with Gasteiger partial charge in [0.05, 0.1) is 17.4 Å². The van der Waals surface area contributed by atoms with Crippen LogP contribution in [0.3, 0.4) is 0 Å². The lowest BCUT2D eigenvalue weighted by atomic mass is 9.94. The number of hydrogen-bond acceptors (Lipinski definition) is 4. The highest BCUT2D eigenvalue weighted by atomic mass is 16.5. The predicted molar refractivity (Wildman–Crippen MR) is 57.2 cm³/mol. The van der Waals surface area contributed by atoms with Crippen molar-refractivity contribution in [3.8, 4) is 0 Å². The Balaban J connectivity index is 1.75. The molecule has 1 saturated heterocycles. The van der Waals surface area contributed by atoms with E-state index >= 15 is 0 Å². The second kappa shape index (κ2) is 4.62. The molecule has 3 N–H and O–H groups in total. The second-order valence-electron chi connectivity index (χ2n) is 4.84. The topological polar surface area (TPSA) is 95.9 Å². The molecular weight excluding hydrogens is 226 g/mol. The Kier molecular flexibility index (Phi) is 3.35. The standard InChI is InChI=1S/C11H17NO5/c13-9(7-5-8(7)10(14)15)12-6-11(16)1-3-17-4-2-11/h7-8,16H,1-6H2,(H,12,13)(H,14,15)/t7-,8+/m1/s1. The lowest BCUT2D eigenvalue weighted by Crippen LogP contribution is -2.47. The normalized spacial score (nSPS) is 30.6. The summed E-state index contributed by atoms with van der Waals surface area (Å²) in [5.74, 6) is -2.15. The van der Waals surface area contributed by atoms with Crippen LogP contribution in [0.25, 0.3) is 0 Å². The second-order valence-corrected chi connectivity index (χ2v) is 4.84. The molecule has 1 heterocycles. The van der Waals surface area contributed by atoms with Gasteiger partial charge in [-0.3, -0.25) is 9.59 Å². The number of nitrogens with one attached hydrogen (secondary N) is 1. The maximum atomic E-state index is 11.6. The van der Waals surface area contributed by atoms with Gasteiger partial charge in [-0.2, -0.15) is 0 Å². The van der Waals surface area contributed by atoms with Gasteiger partial charge in [0.15, 0.2) is 0 Å². The van der Waals surface area contributed by atoms with Crippen LogP contribution in [0.15, 0.2) is 0 Å². The highest BCUT2D eigenvalue weighted by Crippen LogP contribution is 2.38. The number of hydrogen-bond donors (Lipinski definition) is 3. The van der Waals surface area contributed by atoms with E-state index in [1.165, 1.54) is 0 Å². The lowest BCUT2D eigenvalue weighted by Gasteiger charge is -2.32. The Hall–Kier alpha value is -1.14. The van der Waals surface area contributed by atoms with E-state index in [4.69, 9.17) is 9.84 Å². The molecule has 2 rings (SSSR count). The fourth-order valence-electron chi connectivity index (χ4n) is 2.07. The minimum atomic E-state index is -0.921. The number of carboxylic acids is 1. The van der Waals surface area contributed by atoms with Crippen molar-refractivity contribution in [1.82, 2.24) is 5.32 Å². The van der Waals surface area contributed by atoms with Gasteiger partial charge in [-0.25, -0.2) is 0 Å². The molecule has 0 aromatic rings. The third-order valence-electron chi connectivity index (χ3n) is 3.46. The smallest absolute Gasteiger partial charge is 0.307 e. The molecule has 6 heteroatoms. The van der Waals surface area contributed by atoms with E-state index in [-0.39, 0.29) is 12.5 Å². The van der Waals surface area contributed by atoms with E-state index in [1.807, 2.05) is 0 Å². The van der Waals surface area contributed by atoms with E-state index in [0.717, 1.165) is 0 Å². The molecule has 1 aliphatic heterocycles. The number of carboxylic acid groups (broad SMARTS) is 1. The molecule has 2 fully saturated rings. The number of aliphatic carboxylic acids is 1. The summed E-state index contributed by atoms with van der Waals surface area (Å²) in [5, 5.41) is 21.4. The monoisotopic (exact) mass is 243 g/mol. The number of aliphatic hydroxyl groups is 1. The van der Waals surface area contributed by atoms with Crippen LogP contribution in [0.5, 0.6) is 0 Å². The van der Waals surface area contributed by atoms with Crippen molar-refractivity contribution < 1.29 is 24.5 Å². The van der Waals surface area contributed by atoms with Crippen molar-refractivity contribution in [3.63, 3.8) is 0 Å². The molecule has 1 saturated carbocycles. The molecule has 1 aliphatic carbocycles. The minimum absolute atomic E-state index is 0.179. The maximum Gasteiger partial charge on any atom is 0.307 e. The Morgan fingerprint density at radius 3 is 2.47 bits per heavy atom. The van der Waals surface area contributed by atoms with E-state index in [1.54, 1.807) is 0 Å². The van der Waals surface area contributed by atoms with Gasteiger partial charge in [-0.1, -0.05) is 0 Å². The summed E-state index contributed by atoms with van der Waals surface area (Å²) in [4.78, 5) is 22.2. The molecular formula is C11H17NO5. The van der Waals surface area contributed by atoms with Crippen LogP contribution in [0.4, 0.5) is 0 Å². The first kappa shape index (κ1) is 12.3. The van der Waals surface area contributed by atoms with E-state index < -0.39 is 23.4 Å². The summed E-state index contributed by atoms with van der Waals surface area (Å²) in [7, 11) is 0. The molecule has 17 heavy (non-hydrogen) atoms. The van der Waals surface area contributed by atoms with Gasteiger partial charge in [0.2, 0.25) is 5.91 Å². The lowest BCUT2D eigenvalue weighted by molar-refractivity contribution is -0.140. The first-order valence-corrected chi connectivity index (χ1v) is 5.82. The molecule has 0 aromatic heterocycles. The average molecular weight is 243 g/mol. The van der Waals surface area contributed by atoms with Crippen LogP contribution >= 0.6 is 0 Å². The fourth-order valence-corrected chi connectivity index (χ4v) is 2.07. The first-order valence-electron chi connectivity index (χ1n) is 5.82. The minimum Gasteiger partial charge on any atom is -0.481 e. The highest BCUT2D eigenvalue weighted by molar-refractivity contribution is 5.89. The van der Waals surface area contributed by atoms with Crippen LogP contribution < -0.4 is 5.32 Å². The summed E-state index contributed by atoms with van der Waals surface area (Å²) in [6, 6.07) is 0. The molecule has 0 aromatic carbocycles. The van der Waals surface area contributed by atoms with Crippen molar-refractivity contribution in [2.24, 2.45) is 11.8 Å². The average Bonchev–Trinajstić information content (AvgIpc) is 3.07. The van der Waals surface area contributed by atoms with Crippen LogP contribution in [-0.4, -0.2) is 47.4 Å². The van der Waals surface area contributed by atoms with Crippen LogP contribution in [-0.2, 0) is 14.3 Å². The Bertz CT molecular complexity index is 324. The summed E-state index contributed by atoms with van der Waals surface area (Å²) in [6.45, 7) is 1.17. The van der Waals surface area contributed by atoms with Gasteiger partial charge >= 0.3 is 5.97 Å². The highest BCUT2D eigenvalue weighted by Gasteiger charge is 2.48. The third-order valence-corrected chi connectivity index (χ3v) is 3.46. The Morgan fingerprint density at radius 2 is 1.94 bits per heavy atom. The van der Waals surface area contributed by atoms with Crippen molar-refractivity contribution >= 4 is 11.9 Å². The number of ether oxygens (including phenoxy) is 1. The molecule has 0 bridgehead atoms. The molecule has 2 aliphatic rings. The molecule has 2 atom stereocenters. The molecule has 6 nitrogen and oxygen atoms in total. The van der Waals surface area contributed by atoms with Crippen LogP contribution in [0.2, 0.25) is 0 Å². The van der Waals surface area contributed by atoms with Crippen LogP contribution in [0.1, 0.15) is 19.3 Å². The number of carbonyl (C=O) groups excluding carboxylic acids is 1. The van der Waals surface area contributed by atoms with Crippen molar-refractivity contribution in [3.05, 3.63) is 0 Å². The first-order chi connectivity index (χ1) is 8.02. The van der Waals surface area contributed by atoms with Gasteiger partial charge in [0.1, 0.15) is 0 Å². The third kappa shape index (κ3) is 2.95.